The molecule has 1 amide bonds. The number of methoxy groups -OCH3 is 2. The van der Waals surface area contributed by atoms with Crippen molar-refractivity contribution in [3.05, 3.63) is 24.0 Å². The second kappa shape index (κ2) is 7.62. The number of aromatic nitrogens is 1. The van der Waals surface area contributed by atoms with E-state index in [0.29, 0.717) is 18.7 Å². The Hall–Kier alpha value is -1.66. The number of nitrogens with one attached hydrogen (secondary N) is 2. The number of nitrogens with zero attached hydrogens (tertiary/aromatic N) is 1. The Morgan fingerprint density at radius 1 is 1.50 bits per heavy atom. The first-order valence-corrected chi connectivity index (χ1v) is 5.64. The van der Waals surface area contributed by atoms with Gasteiger partial charge in [-0.25, -0.2) is 0 Å². The highest BCUT2D eigenvalue weighted by Crippen LogP contribution is 2.11. The lowest BCUT2D eigenvalue weighted by Crippen LogP contribution is -2.35. The third-order valence-corrected chi connectivity index (χ3v) is 2.51. The topological polar surface area (TPSA) is 72.5 Å². The summed E-state index contributed by atoms with van der Waals surface area (Å²) in [6, 6.07) is 1.75. The van der Waals surface area contributed by atoms with Crippen LogP contribution in [0.1, 0.15) is 10.4 Å². The second-order valence-corrected chi connectivity index (χ2v) is 3.69. The molecule has 0 bridgehead atoms. The van der Waals surface area contributed by atoms with Crippen molar-refractivity contribution < 1.29 is 14.3 Å². The third-order valence-electron chi connectivity index (χ3n) is 2.51. The van der Waals surface area contributed by atoms with Crippen molar-refractivity contribution in [3.8, 4) is 0 Å². The molecule has 0 saturated heterocycles. The summed E-state index contributed by atoms with van der Waals surface area (Å²) >= 11 is 0. The molecule has 18 heavy (non-hydrogen) atoms. The van der Waals surface area contributed by atoms with Gasteiger partial charge in [0.2, 0.25) is 0 Å². The summed E-state index contributed by atoms with van der Waals surface area (Å²) in [4.78, 5) is 15.9. The van der Waals surface area contributed by atoms with Gasteiger partial charge in [0, 0.05) is 45.9 Å². The molecule has 0 aromatic carbocycles. The van der Waals surface area contributed by atoms with Crippen LogP contribution in [-0.4, -0.2) is 51.4 Å². The van der Waals surface area contributed by atoms with E-state index in [1.165, 1.54) is 6.20 Å². The fourth-order valence-electron chi connectivity index (χ4n) is 1.49. The molecular weight excluding hydrogens is 234 g/mol. The Labute approximate surface area is 107 Å². The Morgan fingerprint density at radius 3 is 2.89 bits per heavy atom. The molecular formula is C12H19N3O3. The number of rotatable bonds is 7. The van der Waals surface area contributed by atoms with Gasteiger partial charge in [-0.05, 0) is 6.07 Å². The Bertz CT molecular complexity index is 385. The lowest BCUT2D eigenvalue weighted by Gasteiger charge is -2.15. The summed E-state index contributed by atoms with van der Waals surface area (Å²) in [5, 5.41) is 5.73. The normalized spacial score (nSPS) is 11.9. The molecule has 2 N–H and O–H groups in total. The summed E-state index contributed by atoms with van der Waals surface area (Å²) in [6.45, 7) is 0.823. The van der Waals surface area contributed by atoms with E-state index in [-0.39, 0.29) is 12.0 Å². The monoisotopic (exact) mass is 253 g/mol. The van der Waals surface area contributed by atoms with E-state index in [0.717, 1.165) is 5.69 Å². The van der Waals surface area contributed by atoms with Gasteiger partial charge in [-0.3, -0.25) is 9.78 Å². The molecule has 1 rings (SSSR count). The number of carbonyl (C=O) groups excluding carboxylic acids is 1. The molecule has 1 unspecified atom stereocenters. The summed E-state index contributed by atoms with van der Waals surface area (Å²) in [6.07, 6.45) is 3.00. The lowest BCUT2D eigenvalue weighted by atomic mass is 10.2. The Kier molecular flexibility index (Phi) is 6.10. The quantitative estimate of drug-likeness (QED) is 0.741. The fourth-order valence-corrected chi connectivity index (χ4v) is 1.49. The summed E-state index contributed by atoms with van der Waals surface area (Å²) < 4.78 is 10.1. The van der Waals surface area contributed by atoms with Crippen LogP contribution >= 0.6 is 0 Å². The maximum atomic E-state index is 12.0. The van der Waals surface area contributed by atoms with Crippen LogP contribution in [0.2, 0.25) is 0 Å². The molecule has 0 aliphatic rings. The zero-order valence-electron chi connectivity index (χ0n) is 10.9. The van der Waals surface area contributed by atoms with E-state index in [9.17, 15) is 4.79 Å². The van der Waals surface area contributed by atoms with Gasteiger partial charge in [0.15, 0.2) is 0 Å². The van der Waals surface area contributed by atoms with Gasteiger partial charge >= 0.3 is 0 Å². The number of anilines is 1. The minimum absolute atomic E-state index is 0.159. The molecule has 0 aliphatic carbocycles. The first kappa shape index (κ1) is 14.4. The van der Waals surface area contributed by atoms with Crippen LogP contribution in [0.25, 0.3) is 0 Å². The van der Waals surface area contributed by atoms with E-state index in [2.05, 4.69) is 15.6 Å². The number of ether oxygens (including phenoxy) is 2. The predicted molar refractivity (Wildman–Crippen MR) is 68.8 cm³/mol. The van der Waals surface area contributed by atoms with E-state index in [1.807, 2.05) is 0 Å². The first-order chi connectivity index (χ1) is 8.72. The summed E-state index contributed by atoms with van der Waals surface area (Å²) in [5.41, 5.74) is 1.25. The van der Waals surface area contributed by atoms with Crippen molar-refractivity contribution in [2.45, 2.75) is 6.10 Å². The molecule has 1 atom stereocenters. The van der Waals surface area contributed by atoms with Gasteiger partial charge in [0.05, 0.1) is 18.3 Å². The highest BCUT2D eigenvalue weighted by molar-refractivity contribution is 5.99. The summed E-state index contributed by atoms with van der Waals surface area (Å²) in [5.74, 6) is -0.189. The van der Waals surface area contributed by atoms with Gasteiger partial charge in [-0.1, -0.05) is 0 Å². The molecule has 0 saturated carbocycles. The average Bonchev–Trinajstić information content (AvgIpc) is 2.42. The van der Waals surface area contributed by atoms with Crippen molar-refractivity contribution in [1.29, 1.82) is 0 Å². The van der Waals surface area contributed by atoms with Gasteiger partial charge in [-0.15, -0.1) is 0 Å². The Morgan fingerprint density at radius 2 is 2.28 bits per heavy atom. The second-order valence-electron chi connectivity index (χ2n) is 3.69. The van der Waals surface area contributed by atoms with Crippen molar-refractivity contribution in [2.75, 3.05) is 39.7 Å². The van der Waals surface area contributed by atoms with Crippen LogP contribution in [0.15, 0.2) is 18.5 Å². The van der Waals surface area contributed by atoms with Gasteiger partial charge in [-0.2, -0.15) is 0 Å². The smallest absolute Gasteiger partial charge is 0.255 e. The molecule has 0 fully saturated rings. The van der Waals surface area contributed by atoms with Crippen LogP contribution in [0.3, 0.4) is 0 Å². The minimum Gasteiger partial charge on any atom is -0.387 e. The van der Waals surface area contributed by atoms with E-state index in [1.54, 1.807) is 33.5 Å². The van der Waals surface area contributed by atoms with Crippen LogP contribution in [-0.2, 0) is 9.47 Å². The molecule has 1 aromatic rings. The third kappa shape index (κ3) is 3.97. The fraction of sp³-hybridized carbons (Fsp3) is 0.500. The number of hydrogen-bond acceptors (Lipinski definition) is 5. The van der Waals surface area contributed by atoms with E-state index in [4.69, 9.17) is 9.47 Å². The van der Waals surface area contributed by atoms with E-state index < -0.39 is 0 Å². The number of hydrogen-bond donors (Lipinski definition) is 2. The molecule has 6 heteroatoms. The molecule has 0 aliphatic heterocycles. The van der Waals surface area contributed by atoms with Crippen LogP contribution < -0.4 is 10.6 Å². The maximum Gasteiger partial charge on any atom is 0.255 e. The maximum absolute atomic E-state index is 12.0. The molecule has 1 heterocycles. The summed E-state index contributed by atoms with van der Waals surface area (Å²) in [7, 11) is 4.93. The number of carbonyl (C=O) groups is 1. The standard InChI is InChI=1S/C12H19N3O3/c1-13-11-4-5-14-7-10(11)12(16)15-6-9(18-3)8-17-2/h4-5,7,9H,6,8H2,1-3H3,(H,13,14)(H,15,16). The van der Waals surface area contributed by atoms with Crippen molar-refractivity contribution in [1.82, 2.24) is 10.3 Å². The van der Waals surface area contributed by atoms with Gasteiger partial charge in [0.25, 0.3) is 5.91 Å². The van der Waals surface area contributed by atoms with Crippen LogP contribution in [0, 0.1) is 0 Å². The molecule has 0 spiro atoms. The molecule has 1 aromatic heterocycles. The largest absolute Gasteiger partial charge is 0.387 e. The van der Waals surface area contributed by atoms with Gasteiger partial charge < -0.3 is 20.1 Å². The van der Waals surface area contributed by atoms with Gasteiger partial charge in [0.1, 0.15) is 0 Å². The Balaban J connectivity index is 2.59. The zero-order valence-corrected chi connectivity index (χ0v) is 10.9. The van der Waals surface area contributed by atoms with Crippen molar-refractivity contribution in [3.63, 3.8) is 0 Å². The number of pyridine rings is 1. The van der Waals surface area contributed by atoms with E-state index >= 15 is 0 Å². The lowest BCUT2D eigenvalue weighted by molar-refractivity contribution is 0.0285. The van der Waals surface area contributed by atoms with Crippen LogP contribution in [0.5, 0.6) is 0 Å². The zero-order chi connectivity index (χ0) is 13.4. The SMILES string of the molecule is CNc1ccncc1C(=O)NCC(COC)OC. The number of amides is 1. The average molecular weight is 253 g/mol. The van der Waals surface area contributed by atoms with Crippen molar-refractivity contribution in [2.24, 2.45) is 0 Å². The predicted octanol–water partition coefficient (Wildman–Crippen LogP) is 0.514. The van der Waals surface area contributed by atoms with Crippen LogP contribution in [0.4, 0.5) is 5.69 Å². The highest BCUT2D eigenvalue weighted by Gasteiger charge is 2.13. The molecule has 6 nitrogen and oxygen atoms in total. The highest BCUT2D eigenvalue weighted by atomic mass is 16.5. The first-order valence-electron chi connectivity index (χ1n) is 5.64. The van der Waals surface area contributed by atoms with Crippen molar-refractivity contribution >= 4 is 11.6 Å². The molecule has 0 radical (unpaired) electrons. The minimum atomic E-state index is -0.189. The molecule has 100 valence electrons.